The molecule has 1 amide bonds. The number of nitrogens with one attached hydrogen (secondary N) is 2. The highest BCUT2D eigenvalue weighted by Crippen LogP contribution is 2.17. The second-order valence-corrected chi connectivity index (χ2v) is 8.65. The van der Waals surface area contributed by atoms with Gasteiger partial charge in [-0.3, -0.25) is 9.59 Å². The molecule has 0 bridgehead atoms. The van der Waals surface area contributed by atoms with E-state index in [1.165, 1.54) is 73.1 Å². The van der Waals surface area contributed by atoms with Gasteiger partial charge in [-0.25, -0.2) is 32.2 Å². The van der Waals surface area contributed by atoms with E-state index in [0.29, 0.717) is 16.9 Å². The highest BCUT2D eigenvalue weighted by atomic mass is 32.2. The van der Waals surface area contributed by atoms with Crippen LogP contribution in [0.4, 0.5) is 16.0 Å². The molecular weight excluding hydrogens is 463 g/mol. The van der Waals surface area contributed by atoms with Crippen LogP contribution in [0, 0.1) is 5.82 Å². The molecule has 2 heterocycles. The fraction of sp³-hybridized carbons (Fsp3) is 0.0455. The first-order valence-corrected chi connectivity index (χ1v) is 11.3. The average molecular weight is 480 g/mol. The van der Waals surface area contributed by atoms with Crippen molar-refractivity contribution in [3.8, 4) is 11.3 Å². The molecular formula is C22H17FN6O4S. The summed E-state index contributed by atoms with van der Waals surface area (Å²) in [7, 11) is -3.91. The molecule has 0 unspecified atom stereocenters. The minimum Gasteiger partial charge on any atom is -0.324 e. The Hall–Kier alpha value is -4.45. The maximum absolute atomic E-state index is 13.1. The molecule has 172 valence electrons. The smallest absolute Gasteiger partial charge is 0.267 e. The average Bonchev–Trinajstić information content (AvgIpc) is 2.82. The van der Waals surface area contributed by atoms with Crippen LogP contribution in [0.15, 0.2) is 88.8 Å². The Labute approximate surface area is 193 Å². The topological polar surface area (TPSA) is 136 Å². The van der Waals surface area contributed by atoms with Gasteiger partial charge in [0.25, 0.3) is 15.6 Å². The zero-order valence-corrected chi connectivity index (χ0v) is 18.2. The van der Waals surface area contributed by atoms with Gasteiger partial charge in [0.1, 0.15) is 12.4 Å². The van der Waals surface area contributed by atoms with Crippen LogP contribution in [-0.4, -0.2) is 34.1 Å². The zero-order valence-electron chi connectivity index (χ0n) is 17.4. The highest BCUT2D eigenvalue weighted by molar-refractivity contribution is 7.92. The first-order chi connectivity index (χ1) is 16.3. The van der Waals surface area contributed by atoms with Crippen molar-refractivity contribution < 1.29 is 17.6 Å². The maximum Gasteiger partial charge on any atom is 0.267 e. The third-order valence-electron chi connectivity index (χ3n) is 4.54. The number of aromatic nitrogens is 4. The van der Waals surface area contributed by atoms with Gasteiger partial charge >= 0.3 is 0 Å². The maximum atomic E-state index is 13.1. The van der Waals surface area contributed by atoms with Crippen LogP contribution in [0.25, 0.3) is 11.3 Å². The van der Waals surface area contributed by atoms with Crippen molar-refractivity contribution in [2.75, 3.05) is 10.0 Å². The van der Waals surface area contributed by atoms with Crippen molar-refractivity contribution in [3.63, 3.8) is 0 Å². The van der Waals surface area contributed by atoms with Crippen molar-refractivity contribution >= 4 is 27.6 Å². The number of amides is 1. The van der Waals surface area contributed by atoms with Gasteiger partial charge in [0.2, 0.25) is 11.9 Å². The number of carbonyl (C=O) groups excluding carboxylic acids is 1. The molecule has 34 heavy (non-hydrogen) atoms. The summed E-state index contributed by atoms with van der Waals surface area (Å²) in [6, 6.07) is 15.3. The molecule has 0 fully saturated rings. The van der Waals surface area contributed by atoms with Crippen LogP contribution in [0.2, 0.25) is 0 Å². The molecule has 2 aromatic heterocycles. The van der Waals surface area contributed by atoms with E-state index in [4.69, 9.17) is 0 Å². The minimum atomic E-state index is -3.91. The standard InChI is InChI=1S/C22H17FN6O4S/c23-16-4-2-15(3-5-16)19-10-11-21(31)29(27-19)14-20(30)26-17-6-8-18(9-7-17)34(32,33)28-22-24-12-1-13-25-22/h1-13H,14H2,(H,26,30)(H,24,25,28). The molecule has 2 N–H and O–H groups in total. The first-order valence-electron chi connectivity index (χ1n) is 9.84. The Kier molecular flexibility index (Phi) is 6.41. The van der Waals surface area contributed by atoms with Crippen LogP contribution < -0.4 is 15.6 Å². The predicted molar refractivity (Wildman–Crippen MR) is 122 cm³/mol. The quantitative estimate of drug-likeness (QED) is 0.414. The summed E-state index contributed by atoms with van der Waals surface area (Å²) in [5.41, 5.74) is 0.818. The van der Waals surface area contributed by atoms with Crippen molar-refractivity contribution in [1.29, 1.82) is 0 Å². The number of benzene rings is 2. The molecule has 10 nitrogen and oxygen atoms in total. The van der Waals surface area contributed by atoms with Gasteiger partial charge in [0, 0.05) is 29.7 Å². The number of sulfonamides is 1. The second-order valence-electron chi connectivity index (χ2n) is 6.97. The van der Waals surface area contributed by atoms with Crippen molar-refractivity contribution in [2.45, 2.75) is 11.4 Å². The lowest BCUT2D eigenvalue weighted by atomic mass is 10.1. The lowest BCUT2D eigenvalue weighted by Gasteiger charge is -2.10. The Bertz CT molecular complexity index is 1470. The van der Waals surface area contributed by atoms with E-state index in [1.807, 2.05) is 0 Å². The molecule has 2 aromatic carbocycles. The zero-order chi connectivity index (χ0) is 24.1. The van der Waals surface area contributed by atoms with Gasteiger partial charge in [0.05, 0.1) is 10.6 Å². The van der Waals surface area contributed by atoms with Crippen molar-refractivity contribution in [3.05, 3.63) is 95.3 Å². The molecule has 0 saturated carbocycles. The number of carbonyl (C=O) groups is 1. The Morgan fingerprint density at radius 2 is 1.62 bits per heavy atom. The third kappa shape index (κ3) is 5.48. The van der Waals surface area contributed by atoms with E-state index in [9.17, 15) is 22.4 Å². The molecule has 0 aliphatic rings. The molecule has 0 atom stereocenters. The summed E-state index contributed by atoms with van der Waals surface area (Å²) in [5, 5.41) is 6.75. The normalized spacial score (nSPS) is 11.1. The number of hydrogen-bond donors (Lipinski definition) is 2. The lowest BCUT2D eigenvalue weighted by Crippen LogP contribution is -2.29. The van der Waals surface area contributed by atoms with Gasteiger partial charge in [0.15, 0.2) is 0 Å². The molecule has 4 aromatic rings. The van der Waals surface area contributed by atoms with E-state index >= 15 is 0 Å². The number of rotatable bonds is 7. The Morgan fingerprint density at radius 3 is 2.29 bits per heavy atom. The summed E-state index contributed by atoms with van der Waals surface area (Å²) < 4.78 is 41.2. The van der Waals surface area contributed by atoms with E-state index in [0.717, 1.165) is 4.68 Å². The van der Waals surface area contributed by atoms with Gasteiger partial charge in [-0.15, -0.1) is 0 Å². The van der Waals surface area contributed by atoms with Gasteiger partial charge in [-0.1, -0.05) is 0 Å². The fourth-order valence-corrected chi connectivity index (χ4v) is 3.88. The monoisotopic (exact) mass is 480 g/mol. The summed E-state index contributed by atoms with van der Waals surface area (Å²) >= 11 is 0. The van der Waals surface area contributed by atoms with Gasteiger partial charge < -0.3 is 5.32 Å². The molecule has 0 aliphatic carbocycles. The summed E-state index contributed by atoms with van der Waals surface area (Å²) in [6.45, 7) is -0.374. The first kappa shape index (κ1) is 22.7. The Balaban J connectivity index is 1.44. The minimum absolute atomic E-state index is 0.0529. The van der Waals surface area contributed by atoms with Crippen LogP contribution in [0.5, 0.6) is 0 Å². The predicted octanol–water partition coefficient (Wildman–Crippen LogP) is 2.28. The number of anilines is 2. The molecule has 0 aliphatic heterocycles. The van der Waals surface area contributed by atoms with Gasteiger partial charge in [-0.05, 0) is 60.7 Å². The van der Waals surface area contributed by atoms with E-state index in [2.05, 4.69) is 25.1 Å². The summed E-state index contributed by atoms with van der Waals surface area (Å²) in [4.78, 5) is 32.1. The third-order valence-corrected chi connectivity index (χ3v) is 5.88. The summed E-state index contributed by atoms with van der Waals surface area (Å²) in [5.74, 6) is -1.02. The second kappa shape index (κ2) is 9.58. The van der Waals surface area contributed by atoms with E-state index < -0.39 is 27.3 Å². The Morgan fingerprint density at radius 1 is 0.941 bits per heavy atom. The molecule has 0 spiro atoms. The molecule has 0 radical (unpaired) electrons. The number of nitrogens with zero attached hydrogens (tertiary/aromatic N) is 4. The fourth-order valence-electron chi connectivity index (χ4n) is 2.92. The van der Waals surface area contributed by atoms with E-state index in [-0.39, 0.29) is 17.4 Å². The van der Waals surface area contributed by atoms with Crippen molar-refractivity contribution in [2.24, 2.45) is 0 Å². The lowest BCUT2D eigenvalue weighted by molar-refractivity contribution is -0.117. The summed E-state index contributed by atoms with van der Waals surface area (Å²) in [6.07, 6.45) is 2.80. The van der Waals surface area contributed by atoms with E-state index in [1.54, 1.807) is 6.07 Å². The van der Waals surface area contributed by atoms with Gasteiger partial charge in [-0.2, -0.15) is 5.10 Å². The molecule has 4 rings (SSSR count). The SMILES string of the molecule is O=C(Cn1nc(-c2ccc(F)cc2)ccc1=O)Nc1ccc(S(=O)(=O)Nc2ncccn2)cc1. The highest BCUT2D eigenvalue weighted by Gasteiger charge is 2.16. The van der Waals surface area contributed by atoms with Crippen LogP contribution >= 0.6 is 0 Å². The molecule has 0 saturated heterocycles. The van der Waals surface area contributed by atoms with Crippen molar-refractivity contribution in [1.82, 2.24) is 19.7 Å². The largest absolute Gasteiger partial charge is 0.324 e. The van der Waals surface area contributed by atoms with Crippen LogP contribution in [0.1, 0.15) is 0 Å². The van der Waals surface area contributed by atoms with Crippen LogP contribution in [-0.2, 0) is 21.4 Å². The number of halogens is 1. The molecule has 12 heteroatoms. The number of hydrogen-bond acceptors (Lipinski definition) is 7. The van der Waals surface area contributed by atoms with Crippen LogP contribution in [0.3, 0.4) is 0 Å².